The van der Waals surface area contributed by atoms with Crippen molar-refractivity contribution in [1.29, 1.82) is 0 Å². The van der Waals surface area contributed by atoms with Crippen LogP contribution in [0, 0.1) is 5.92 Å². The van der Waals surface area contributed by atoms with Crippen molar-refractivity contribution in [1.82, 2.24) is 0 Å². The Balaban J connectivity index is 1.60. The molecular formula is C17H24N2S. The number of aliphatic imine (C=N–C) groups is 1. The lowest BCUT2D eigenvalue weighted by Crippen LogP contribution is -2.25. The molecule has 3 rings (SSSR count). The fraction of sp³-hybridized carbons (Fsp3) is 0.588. The van der Waals surface area contributed by atoms with E-state index in [9.17, 15) is 0 Å². The summed E-state index contributed by atoms with van der Waals surface area (Å²) in [5, 5.41) is 4.61. The van der Waals surface area contributed by atoms with Crippen LogP contribution in [-0.4, -0.2) is 17.0 Å². The lowest BCUT2D eigenvalue weighted by atomic mass is 10.1. The normalized spacial score (nSPS) is 25.1. The van der Waals surface area contributed by atoms with E-state index in [4.69, 9.17) is 4.99 Å². The third-order valence-corrected chi connectivity index (χ3v) is 5.44. The molecular weight excluding hydrogens is 264 g/mol. The maximum atomic E-state index is 4.88. The Morgan fingerprint density at radius 2 is 2.10 bits per heavy atom. The molecule has 0 bridgehead atoms. The summed E-state index contributed by atoms with van der Waals surface area (Å²) in [5.41, 5.74) is 2.61. The third-order valence-electron chi connectivity index (χ3n) is 4.36. The molecule has 0 saturated heterocycles. The second-order valence-electron chi connectivity index (χ2n) is 5.93. The van der Waals surface area contributed by atoms with Crippen LogP contribution >= 0.6 is 11.8 Å². The van der Waals surface area contributed by atoms with Gasteiger partial charge in [0.05, 0.1) is 6.04 Å². The summed E-state index contributed by atoms with van der Waals surface area (Å²) in [6.45, 7) is 2.24. The number of anilines is 1. The molecule has 1 heterocycles. The lowest BCUT2D eigenvalue weighted by molar-refractivity contribution is 0.535. The predicted molar refractivity (Wildman–Crippen MR) is 89.7 cm³/mol. The molecule has 0 spiro atoms. The minimum Gasteiger partial charge on any atom is -0.335 e. The summed E-state index contributed by atoms with van der Waals surface area (Å²) in [6.07, 6.45) is 7.75. The van der Waals surface area contributed by atoms with E-state index in [0.717, 1.165) is 11.1 Å². The summed E-state index contributed by atoms with van der Waals surface area (Å²) in [7, 11) is 0. The van der Waals surface area contributed by atoms with Gasteiger partial charge < -0.3 is 5.32 Å². The van der Waals surface area contributed by atoms with Gasteiger partial charge in [0.1, 0.15) is 0 Å². The Hall–Kier alpha value is -0.960. The first-order chi connectivity index (χ1) is 9.85. The second kappa shape index (κ2) is 6.66. The van der Waals surface area contributed by atoms with Crippen LogP contribution in [-0.2, 0) is 6.42 Å². The Morgan fingerprint density at radius 3 is 2.90 bits per heavy atom. The predicted octanol–water partition coefficient (Wildman–Crippen LogP) is 4.71. The molecule has 1 aliphatic heterocycles. The third kappa shape index (κ3) is 3.38. The molecule has 108 valence electrons. The van der Waals surface area contributed by atoms with Gasteiger partial charge in [-0.15, -0.1) is 0 Å². The highest BCUT2D eigenvalue weighted by Crippen LogP contribution is 2.35. The lowest BCUT2D eigenvalue weighted by Gasteiger charge is -2.23. The van der Waals surface area contributed by atoms with Gasteiger partial charge >= 0.3 is 0 Å². The smallest absolute Gasteiger partial charge is 0.161 e. The number of unbranched alkanes of at least 4 members (excludes halogenated alkanes) is 1. The summed E-state index contributed by atoms with van der Waals surface area (Å²) in [5.74, 6) is 2.08. The zero-order valence-corrected chi connectivity index (χ0v) is 13.1. The summed E-state index contributed by atoms with van der Waals surface area (Å²) in [4.78, 5) is 4.88. The highest BCUT2D eigenvalue weighted by molar-refractivity contribution is 8.14. The number of hydrogen-bond acceptors (Lipinski definition) is 3. The van der Waals surface area contributed by atoms with E-state index >= 15 is 0 Å². The van der Waals surface area contributed by atoms with Crippen LogP contribution < -0.4 is 5.32 Å². The molecule has 2 nitrogen and oxygen atoms in total. The van der Waals surface area contributed by atoms with Crippen LogP contribution in [0.25, 0.3) is 0 Å². The van der Waals surface area contributed by atoms with Crippen molar-refractivity contribution >= 4 is 22.6 Å². The number of benzene rings is 1. The van der Waals surface area contributed by atoms with Crippen molar-refractivity contribution in [2.75, 3.05) is 11.1 Å². The minimum absolute atomic E-state index is 0.586. The summed E-state index contributed by atoms with van der Waals surface area (Å²) in [6, 6.07) is 9.45. The van der Waals surface area contributed by atoms with E-state index in [1.165, 1.54) is 55.5 Å². The molecule has 1 aromatic carbocycles. The van der Waals surface area contributed by atoms with Crippen molar-refractivity contribution in [2.24, 2.45) is 10.9 Å². The zero-order valence-electron chi connectivity index (χ0n) is 12.3. The molecule has 0 radical (unpaired) electrons. The van der Waals surface area contributed by atoms with Gasteiger partial charge in [-0.1, -0.05) is 43.7 Å². The number of amidine groups is 1. The number of aryl methyl sites for hydroxylation is 1. The molecule has 1 aliphatic carbocycles. The van der Waals surface area contributed by atoms with E-state index in [2.05, 4.69) is 36.5 Å². The highest BCUT2D eigenvalue weighted by atomic mass is 32.2. The average Bonchev–Trinajstić information content (AvgIpc) is 2.94. The topological polar surface area (TPSA) is 24.4 Å². The van der Waals surface area contributed by atoms with Gasteiger partial charge in [0, 0.05) is 11.4 Å². The van der Waals surface area contributed by atoms with Crippen LogP contribution in [0.5, 0.6) is 0 Å². The average molecular weight is 288 g/mol. The van der Waals surface area contributed by atoms with Crippen molar-refractivity contribution in [3.05, 3.63) is 29.8 Å². The van der Waals surface area contributed by atoms with E-state index in [1.807, 2.05) is 11.8 Å². The van der Waals surface area contributed by atoms with Crippen LogP contribution in [0.1, 0.15) is 44.6 Å². The van der Waals surface area contributed by atoms with Gasteiger partial charge in [0.25, 0.3) is 0 Å². The van der Waals surface area contributed by atoms with Crippen LogP contribution in [0.2, 0.25) is 0 Å². The maximum absolute atomic E-state index is 4.88. The van der Waals surface area contributed by atoms with Crippen molar-refractivity contribution in [3.8, 4) is 0 Å². The first-order valence-corrected chi connectivity index (χ1v) is 8.90. The van der Waals surface area contributed by atoms with Crippen LogP contribution in [0.3, 0.4) is 0 Å². The Morgan fingerprint density at radius 1 is 1.25 bits per heavy atom. The molecule has 1 saturated carbocycles. The van der Waals surface area contributed by atoms with Gasteiger partial charge in [-0.3, -0.25) is 4.99 Å². The fourth-order valence-corrected chi connectivity index (χ4v) is 4.24. The number of thioether (sulfide) groups is 1. The first-order valence-electron chi connectivity index (χ1n) is 7.91. The molecule has 1 N–H and O–H groups in total. The quantitative estimate of drug-likeness (QED) is 0.867. The summed E-state index contributed by atoms with van der Waals surface area (Å²) < 4.78 is 0. The minimum atomic E-state index is 0.586. The van der Waals surface area contributed by atoms with E-state index in [0.29, 0.717) is 6.04 Å². The van der Waals surface area contributed by atoms with Gasteiger partial charge in [-0.2, -0.15) is 0 Å². The van der Waals surface area contributed by atoms with Crippen LogP contribution in [0.4, 0.5) is 5.69 Å². The highest BCUT2D eigenvalue weighted by Gasteiger charge is 2.30. The van der Waals surface area contributed by atoms with Gasteiger partial charge in [0.15, 0.2) is 5.17 Å². The fourth-order valence-electron chi connectivity index (χ4n) is 3.08. The SMILES string of the molecule is CCCCc1ccc(NC2=NC3CCCC3CS2)cc1. The van der Waals surface area contributed by atoms with E-state index < -0.39 is 0 Å². The standard InChI is InChI=1S/C17H24N2S/c1-2-3-5-13-8-10-15(11-9-13)18-17-19-16-7-4-6-14(16)12-20-17/h8-11,14,16H,2-7,12H2,1H3,(H,18,19). The van der Waals surface area contributed by atoms with Gasteiger partial charge in [-0.05, 0) is 49.3 Å². The molecule has 2 aliphatic rings. The number of rotatable bonds is 4. The van der Waals surface area contributed by atoms with E-state index in [-0.39, 0.29) is 0 Å². The molecule has 0 amide bonds. The Labute approximate surface area is 126 Å². The van der Waals surface area contributed by atoms with Crippen molar-refractivity contribution in [3.63, 3.8) is 0 Å². The Bertz CT molecular complexity index is 466. The maximum Gasteiger partial charge on any atom is 0.161 e. The molecule has 1 fully saturated rings. The van der Waals surface area contributed by atoms with E-state index in [1.54, 1.807) is 0 Å². The summed E-state index contributed by atoms with van der Waals surface area (Å²) >= 11 is 1.89. The molecule has 2 atom stereocenters. The zero-order chi connectivity index (χ0) is 13.8. The number of hydrogen-bond donors (Lipinski definition) is 1. The second-order valence-corrected chi connectivity index (χ2v) is 6.94. The number of nitrogens with zero attached hydrogens (tertiary/aromatic N) is 1. The van der Waals surface area contributed by atoms with Gasteiger partial charge in [-0.25, -0.2) is 0 Å². The molecule has 0 aromatic heterocycles. The molecule has 2 unspecified atom stereocenters. The number of fused-ring (bicyclic) bond motifs is 1. The van der Waals surface area contributed by atoms with Crippen LogP contribution in [0.15, 0.2) is 29.3 Å². The molecule has 20 heavy (non-hydrogen) atoms. The van der Waals surface area contributed by atoms with Crippen molar-refractivity contribution < 1.29 is 0 Å². The largest absolute Gasteiger partial charge is 0.335 e. The number of nitrogens with one attached hydrogen (secondary N) is 1. The first kappa shape index (κ1) is 14.0. The Kier molecular flexibility index (Phi) is 4.66. The molecule has 1 aromatic rings. The monoisotopic (exact) mass is 288 g/mol. The van der Waals surface area contributed by atoms with Crippen molar-refractivity contribution in [2.45, 2.75) is 51.5 Å². The molecule has 3 heteroatoms. The van der Waals surface area contributed by atoms with Gasteiger partial charge in [0.2, 0.25) is 0 Å².